The fourth-order valence-electron chi connectivity index (χ4n) is 1.85. The van der Waals surface area contributed by atoms with Gasteiger partial charge >= 0.3 is 5.97 Å². The average molecular weight is 331 g/mol. The fourth-order valence-corrected chi connectivity index (χ4v) is 2.31. The molecule has 0 saturated heterocycles. The summed E-state index contributed by atoms with van der Waals surface area (Å²) in [6, 6.07) is 1.76. The zero-order valence-corrected chi connectivity index (χ0v) is 13.0. The maximum absolute atomic E-state index is 12.3. The van der Waals surface area contributed by atoms with Gasteiger partial charge in [0, 0.05) is 30.8 Å². The van der Waals surface area contributed by atoms with Gasteiger partial charge in [-0.1, -0.05) is 13.8 Å². The minimum Gasteiger partial charge on any atom is -0.481 e. The fraction of sp³-hybridized carbons (Fsp3) is 0.538. The van der Waals surface area contributed by atoms with Gasteiger partial charge in [-0.2, -0.15) is 0 Å². The van der Waals surface area contributed by atoms with Crippen LogP contribution in [0.5, 0.6) is 0 Å². The maximum atomic E-state index is 12.3. The number of carbonyl (C=O) groups is 2. The standard InChI is InChI=1S/C13H19BrN2O3/c1-4-5-16-8-10(14)6-11(16)12(17)15(3)7-9(2)13(18)19/h6,8-9H,4-5,7H2,1-3H3,(H,18,19). The molecule has 1 heterocycles. The highest BCUT2D eigenvalue weighted by molar-refractivity contribution is 9.10. The van der Waals surface area contributed by atoms with E-state index in [1.54, 1.807) is 20.0 Å². The van der Waals surface area contributed by atoms with Gasteiger partial charge in [0.25, 0.3) is 5.91 Å². The van der Waals surface area contributed by atoms with E-state index in [-0.39, 0.29) is 12.5 Å². The molecule has 106 valence electrons. The Morgan fingerprint density at radius 3 is 2.68 bits per heavy atom. The topological polar surface area (TPSA) is 62.5 Å². The molecule has 0 aliphatic heterocycles. The van der Waals surface area contributed by atoms with E-state index in [1.165, 1.54) is 4.90 Å². The lowest BCUT2D eigenvalue weighted by atomic mass is 10.1. The van der Waals surface area contributed by atoms with Gasteiger partial charge in [-0.15, -0.1) is 0 Å². The molecule has 0 bridgehead atoms. The number of carboxylic acid groups (broad SMARTS) is 1. The average Bonchev–Trinajstić information content (AvgIpc) is 2.69. The summed E-state index contributed by atoms with van der Waals surface area (Å²) < 4.78 is 2.73. The number of halogens is 1. The Kier molecular flexibility index (Phi) is 5.60. The minimum absolute atomic E-state index is 0.160. The van der Waals surface area contributed by atoms with Crippen LogP contribution < -0.4 is 0 Å². The summed E-state index contributed by atoms with van der Waals surface area (Å²) in [7, 11) is 1.62. The van der Waals surface area contributed by atoms with Crippen molar-refractivity contribution in [1.82, 2.24) is 9.47 Å². The number of amides is 1. The molecule has 0 fully saturated rings. The van der Waals surface area contributed by atoms with Crippen LogP contribution in [0.1, 0.15) is 30.8 Å². The second-order valence-corrected chi connectivity index (χ2v) is 5.58. The molecule has 1 N–H and O–H groups in total. The second kappa shape index (κ2) is 6.75. The van der Waals surface area contributed by atoms with Crippen molar-refractivity contribution < 1.29 is 14.7 Å². The first-order valence-electron chi connectivity index (χ1n) is 6.20. The van der Waals surface area contributed by atoms with E-state index in [1.807, 2.05) is 17.7 Å². The van der Waals surface area contributed by atoms with Gasteiger partial charge in [-0.05, 0) is 28.4 Å². The van der Waals surface area contributed by atoms with Crippen LogP contribution in [0, 0.1) is 5.92 Å². The lowest BCUT2D eigenvalue weighted by molar-refractivity contribution is -0.141. The van der Waals surface area contributed by atoms with E-state index >= 15 is 0 Å². The number of carboxylic acids is 1. The number of rotatable bonds is 6. The third kappa shape index (κ3) is 4.09. The van der Waals surface area contributed by atoms with Crippen molar-refractivity contribution in [2.45, 2.75) is 26.8 Å². The van der Waals surface area contributed by atoms with Crippen LogP contribution in [0.4, 0.5) is 0 Å². The highest BCUT2D eigenvalue weighted by atomic mass is 79.9. The number of carbonyl (C=O) groups excluding carboxylic acids is 1. The van der Waals surface area contributed by atoms with E-state index in [4.69, 9.17) is 5.11 Å². The molecule has 1 unspecified atom stereocenters. The molecule has 0 saturated carbocycles. The minimum atomic E-state index is -0.898. The Labute approximate surface area is 121 Å². The highest BCUT2D eigenvalue weighted by Crippen LogP contribution is 2.17. The molecule has 0 aliphatic carbocycles. The maximum Gasteiger partial charge on any atom is 0.308 e. The first-order chi connectivity index (χ1) is 8.86. The summed E-state index contributed by atoms with van der Waals surface area (Å²) in [4.78, 5) is 24.6. The van der Waals surface area contributed by atoms with E-state index in [0.29, 0.717) is 5.69 Å². The largest absolute Gasteiger partial charge is 0.481 e. The summed E-state index contributed by atoms with van der Waals surface area (Å²) in [5, 5.41) is 8.88. The van der Waals surface area contributed by atoms with Crippen LogP contribution >= 0.6 is 15.9 Å². The summed E-state index contributed by atoms with van der Waals surface area (Å²) in [6.45, 7) is 4.59. The second-order valence-electron chi connectivity index (χ2n) is 4.66. The van der Waals surface area contributed by atoms with Crippen molar-refractivity contribution in [3.8, 4) is 0 Å². The predicted octanol–water partition coefficient (Wildman–Crippen LogP) is 2.45. The number of aromatic nitrogens is 1. The Hall–Kier alpha value is -1.30. The Morgan fingerprint density at radius 1 is 1.53 bits per heavy atom. The van der Waals surface area contributed by atoms with Gasteiger partial charge in [0.2, 0.25) is 0 Å². The van der Waals surface area contributed by atoms with Crippen molar-refractivity contribution in [2.24, 2.45) is 5.92 Å². The molecule has 19 heavy (non-hydrogen) atoms. The number of aryl methyl sites for hydroxylation is 1. The molecule has 0 radical (unpaired) electrons. The van der Waals surface area contributed by atoms with Crippen molar-refractivity contribution in [3.05, 3.63) is 22.4 Å². The van der Waals surface area contributed by atoms with Crippen molar-refractivity contribution in [1.29, 1.82) is 0 Å². The SMILES string of the molecule is CCCn1cc(Br)cc1C(=O)N(C)CC(C)C(=O)O. The molecule has 1 atom stereocenters. The molecule has 1 rings (SSSR count). The number of hydrogen-bond donors (Lipinski definition) is 1. The normalized spacial score (nSPS) is 12.2. The van der Waals surface area contributed by atoms with Gasteiger partial charge in [-0.25, -0.2) is 0 Å². The quantitative estimate of drug-likeness (QED) is 0.871. The van der Waals surface area contributed by atoms with Crippen LogP contribution in [0.3, 0.4) is 0 Å². The Morgan fingerprint density at radius 2 is 2.16 bits per heavy atom. The van der Waals surface area contributed by atoms with Gasteiger partial charge < -0.3 is 14.6 Å². The zero-order chi connectivity index (χ0) is 14.6. The van der Waals surface area contributed by atoms with Crippen LogP contribution in [0.2, 0.25) is 0 Å². The van der Waals surface area contributed by atoms with Crippen LogP contribution in [0.15, 0.2) is 16.7 Å². The Balaban J connectivity index is 2.84. The van der Waals surface area contributed by atoms with Crippen molar-refractivity contribution in [2.75, 3.05) is 13.6 Å². The van der Waals surface area contributed by atoms with Gasteiger partial charge in [0.05, 0.1) is 5.92 Å². The molecule has 1 amide bonds. The van der Waals surface area contributed by atoms with Gasteiger partial charge in [0.15, 0.2) is 0 Å². The smallest absolute Gasteiger partial charge is 0.308 e. The first-order valence-corrected chi connectivity index (χ1v) is 7.00. The number of nitrogens with zero attached hydrogens (tertiary/aromatic N) is 2. The monoisotopic (exact) mass is 330 g/mol. The van der Waals surface area contributed by atoms with Gasteiger partial charge in [-0.3, -0.25) is 9.59 Å². The molecule has 5 nitrogen and oxygen atoms in total. The molecule has 6 heteroatoms. The lowest BCUT2D eigenvalue weighted by Gasteiger charge is -2.20. The van der Waals surface area contributed by atoms with E-state index in [9.17, 15) is 9.59 Å². The van der Waals surface area contributed by atoms with E-state index in [0.717, 1.165) is 17.4 Å². The molecular weight excluding hydrogens is 312 g/mol. The predicted molar refractivity (Wildman–Crippen MR) is 76.2 cm³/mol. The Bertz CT molecular complexity index is 470. The zero-order valence-electron chi connectivity index (χ0n) is 11.4. The third-order valence-electron chi connectivity index (χ3n) is 2.86. The lowest BCUT2D eigenvalue weighted by Crippen LogP contribution is -2.34. The van der Waals surface area contributed by atoms with Crippen molar-refractivity contribution >= 4 is 27.8 Å². The molecule has 0 aliphatic rings. The van der Waals surface area contributed by atoms with E-state index in [2.05, 4.69) is 15.9 Å². The highest BCUT2D eigenvalue weighted by Gasteiger charge is 2.21. The first kappa shape index (κ1) is 15.8. The molecule has 0 spiro atoms. The summed E-state index contributed by atoms with van der Waals surface area (Å²) in [5.41, 5.74) is 0.578. The summed E-state index contributed by atoms with van der Waals surface area (Å²) in [6.07, 6.45) is 2.79. The third-order valence-corrected chi connectivity index (χ3v) is 3.30. The number of aliphatic carboxylic acids is 1. The summed E-state index contributed by atoms with van der Waals surface area (Å²) >= 11 is 3.36. The van der Waals surface area contributed by atoms with Crippen LogP contribution in [0.25, 0.3) is 0 Å². The number of hydrogen-bond acceptors (Lipinski definition) is 2. The van der Waals surface area contributed by atoms with Crippen LogP contribution in [-0.4, -0.2) is 40.0 Å². The van der Waals surface area contributed by atoms with Crippen molar-refractivity contribution in [3.63, 3.8) is 0 Å². The van der Waals surface area contributed by atoms with Gasteiger partial charge in [0.1, 0.15) is 5.69 Å². The molecular formula is C13H19BrN2O3. The summed E-state index contributed by atoms with van der Waals surface area (Å²) in [5.74, 6) is -1.64. The van der Waals surface area contributed by atoms with Crippen LogP contribution in [-0.2, 0) is 11.3 Å². The molecule has 0 aromatic carbocycles. The molecule has 1 aromatic heterocycles. The molecule has 1 aromatic rings. The van der Waals surface area contributed by atoms with E-state index < -0.39 is 11.9 Å².